The number of piperidine rings is 1. The first-order chi connectivity index (χ1) is 11.6. The molecule has 6 heteroatoms. The van der Waals surface area contributed by atoms with E-state index in [1.807, 2.05) is 35.4 Å². The molecule has 3 rings (SSSR count). The van der Waals surface area contributed by atoms with Gasteiger partial charge in [-0.05, 0) is 31.9 Å². The first kappa shape index (κ1) is 16.8. The van der Waals surface area contributed by atoms with Crippen LogP contribution in [-0.4, -0.2) is 30.0 Å². The van der Waals surface area contributed by atoms with Crippen molar-refractivity contribution in [2.75, 3.05) is 14.2 Å². The zero-order chi connectivity index (χ0) is 17.1. The van der Waals surface area contributed by atoms with Gasteiger partial charge in [0.25, 0.3) is 0 Å². The number of rotatable bonds is 5. The van der Waals surface area contributed by atoms with Gasteiger partial charge in [0.1, 0.15) is 11.5 Å². The van der Waals surface area contributed by atoms with E-state index in [9.17, 15) is 4.79 Å². The Morgan fingerprint density at radius 2 is 2.00 bits per heavy atom. The van der Waals surface area contributed by atoms with Crippen molar-refractivity contribution in [3.05, 3.63) is 39.8 Å². The summed E-state index contributed by atoms with van der Waals surface area (Å²) in [5, 5.41) is 3.04. The first-order valence-electron chi connectivity index (χ1n) is 8.05. The Kier molecular flexibility index (Phi) is 5.04. The predicted octanol–water partition coefficient (Wildman–Crippen LogP) is 3.72. The van der Waals surface area contributed by atoms with Crippen LogP contribution in [0, 0.1) is 6.92 Å². The van der Waals surface area contributed by atoms with Gasteiger partial charge in [-0.25, -0.2) is 4.98 Å². The number of benzene rings is 1. The van der Waals surface area contributed by atoms with Gasteiger partial charge in [0.2, 0.25) is 5.91 Å². The molecule has 5 nitrogen and oxygen atoms in total. The Hall–Kier alpha value is -2.08. The van der Waals surface area contributed by atoms with E-state index in [1.165, 1.54) is 0 Å². The fraction of sp³-hybridized carbons (Fsp3) is 0.444. The minimum absolute atomic E-state index is 0.0562. The van der Waals surface area contributed by atoms with E-state index < -0.39 is 0 Å². The van der Waals surface area contributed by atoms with Gasteiger partial charge in [0.15, 0.2) is 0 Å². The fourth-order valence-corrected chi connectivity index (χ4v) is 3.89. The number of aromatic nitrogens is 1. The van der Waals surface area contributed by atoms with Crippen molar-refractivity contribution in [1.29, 1.82) is 0 Å². The highest BCUT2D eigenvalue weighted by Gasteiger charge is 2.33. The van der Waals surface area contributed by atoms with Crippen LogP contribution in [0.3, 0.4) is 0 Å². The molecule has 2 aromatic rings. The number of likely N-dealkylation sites (tertiary alicyclic amines) is 1. The summed E-state index contributed by atoms with van der Waals surface area (Å²) in [6.07, 6.45) is 2.35. The van der Waals surface area contributed by atoms with Crippen LogP contribution < -0.4 is 9.47 Å². The van der Waals surface area contributed by atoms with E-state index in [2.05, 4.69) is 4.98 Å². The number of nitrogens with zero attached hydrogens (tertiary/aromatic N) is 2. The quantitative estimate of drug-likeness (QED) is 0.828. The lowest BCUT2D eigenvalue weighted by Crippen LogP contribution is -2.38. The molecule has 0 spiro atoms. The third-order valence-electron chi connectivity index (χ3n) is 4.36. The number of ether oxygens (including phenoxy) is 2. The van der Waals surface area contributed by atoms with Crippen molar-refractivity contribution in [3.63, 3.8) is 0 Å². The second kappa shape index (κ2) is 7.21. The molecule has 2 heterocycles. The fourth-order valence-electron chi connectivity index (χ4n) is 3.28. The van der Waals surface area contributed by atoms with Gasteiger partial charge in [-0.3, -0.25) is 4.79 Å². The molecule has 1 aliphatic rings. The average Bonchev–Trinajstić information content (AvgIpc) is 3.01. The standard InChI is InChI=1S/C18H22N2O3S/c1-12-19-13(11-24-12)10-20-14(6-4-9-17(20)21)18-15(22-2)7-5-8-16(18)23-3/h5,7-8,11,14H,4,6,9-10H2,1-3H3. The van der Waals surface area contributed by atoms with Gasteiger partial charge in [-0.2, -0.15) is 0 Å². The third kappa shape index (κ3) is 3.24. The maximum absolute atomic E-state index is 12.6. The molecule has 1 amide bonds. The molecule has 1 saturated heterocycles. The zero-order valence-electron chi connectivity index (χ0n) is 14.2. The molecule has 1 aromatic carbocycles. The van der Waals surface area contributed by atoms with E-state index in [4.69, 9.17) is 9.47 Å². The maximum atomic E-state index is 12.6. The SMILES string of the molecule is COc1cccc(OC)c1C1CCCC(=O)N1Cc1csc(C)n1. The van der Waals surface area contributed by atoms with Crippen LogP contribution in [-0.2, 0) is 11.3 Å². The summed E-state index contributed by atoms with van der Waals surface area (Å²) in [5.41, 5.74) is 1.88. The Balaban J connectivity index is 1.99. The lowest BCUT2D eigenvalue weighted by atomic mass is 9.93. The number of carbonyl (C=O) groups is 1. The summed E-state index contributed by atoms with van der Waals surface area (Å²) in [6.45, 7) is 2.50. The molecule has 1 aromatic heterocycles. The normalized spacial score (nSPS) is 17.9. The summed E-state index contributed by atoms with van der Waals surface area (Å²) in [6, 6.07) is 5.68. The lowest BCUT2D eigenvalue weighted by molar-refractivity contribution is -0.137. The molecular weight excluding hydrogens is 324 g/mol. The number of hydrogen-bond donors (Lipinski definition) is 0. The van der Waals surface area contributed by atoms with Crippen LogP contribution >= 0.6 is 11.3 Å². The molecule has 0 saturated carbocycles. The molecule has 128 valence electrons. The Bertz CT molecular complexity index is 707. The predicted molar refractivity (Wildman–Crippen MR) is 93.5 cm³/mol. The van der Waals surface area contributed by atoms with Gasteiger partial charge in [-0.15, -0.1) is 11.3 Å². The summed E-state index contributed by atoms with van der Waals surface area (Å²) in [7, 11) is 3.30. The Labute approximate surface area is 146 Å². The highest BCUT2D eigenvalue weighted by molar-refractivity contribution is 7.09. The van der Waals surface area contributed by atoms with Crippen molar-refractivity contribution in [2.24, 2.45) is 0 Å². The van der Waals surface area contributed by atoms with Crippen LogP contribution in [0.1, 0.15) is 41.6 Å². The largest absolute Gasteiger partial charge is 0.496 e. The third-order valence-corrected chi connectivity index (χ3v) is 5.19. The van der Waals surface area contributed by atoms with Gasteiger partial charge < -0.3 is 14.4 Å². The summed E-state index contributed by atoms with van der Waals surface area (Å²) < 4.78 is 11.1. The van der Waals surface area contributed by atoms with Crippen molar-refractivity contribution in [2.45, 2.75) is 38.8 Å². The second-order valence-corrected chi connectivity index (χ2v) is 6.93. The van der Waals surface area contributed by atoms with Gasteiger partial charge in [0, 0.05) is 11.8 Å². The monoisotopic (exact) mass is 346 g/mol. The van der Waals surface area contributed by atoms with Crippen molar-refractivity contribution in [3.8, 4) is 11.5 Å². The molecule has 1 atom stereocenters. The molecule has 0 aliphatic carbocycles. The first-order valence-corrected chi connectivity index (χ1v) is 8.93. The number of carbonyl (C=O) groups excluding carboxylic acids is 1. The maximum Gasteiger partial charge on any atom is 0.223 e. The number of hydrogen-bond acceptors (Lipinski definition) is 5. The van der Waals surface area contributed by atoms with Crippen LogP contribution in [0.25, 0.3) is 0 Å². The highest BCUT2D eigenvalue weighted by Crippen LogP contribution is 2.42. The highest BCUT2D eigenvalue weighted by atomic mass is 32.1. The van der Waals surface area contributed by atoms with Gasteiger partial charge in [-0.1, -0.05) is 6.07 Å². The van der Waals surface area contributed by atoms with Gasteiger partial charge in [0.05, 0.1) is 43.1 Å². The van der Waals surface area contributed by atoms with E-state index in [1.54, 1.807) is 25.6 Å². The Morgan fingerprint density at radius 1 is 1.29 bits per heavy atom. The number of thiazole rings is 1. The van der Waals surface area contributed by atoms with E-state index in [-0.39, 0.29) is 11.9 Å². The second-order valence-electron chi connectivity index (χ2n) is 5.86. The molecule has 24 heavy (non-hydrogen) atoms. The van der Waals surface area contributed by atoms with Crippen molar-refractivity contribution in [1.82, 2.24) is 9.88 Å². The van der Waals surface area contributed by atoms with Crippen LogP contribution in [0.5, 0.6) is 11.5 Å². The molecule has 0 bridgehead atoms. The zero-order valence-corrected chi connectivity index (χ0v) is 15.1. The van der Waals surface area contributed by atoms with E-state index in [0.717, 1.165) is 40.6 Å². The molecule has 1 unspecified atom stereocenters. The number of amides is 1. The van der Waals surface area contributed by atoms with E-state index >= 15 is 0 Å². The molecule has 1 fully saturated rings. The van der Waals surface area contributed by atoms with E-state index in [0.29, 0.717) is 13.0 Å². The summed E-state index contributed by atoms with van der Waals surface area (Å²) >= 11 is 1.61. The van der Waals surface area contributed by atoms with Crippen LogP contribution in [0.2, 0.25) is 0 Å². The summed E-state index contributed by atoms with van der Waals surface area (Å²) in [4.78, 5) is 19.0. The molecule has 0 N–H and O–H groups in total. The molecule has 0 radical (unpaired) electrons. The minimum atomic E-state index is -0.0562. The number of methoxy groups -OCH3 is 2. The van der Waals surface area contributed by atoms with Crippen LogP contribution in [0.15, 0.2) is 23.6 Å². The molecular formula is C18H22N2O3S. The average molecular weight is 346 g/mol. The lowest BCUT2D eigenvalue weighted by Gasteiger charge is -2.36. The van der Waals surface area contributed by atoms with Crippen LogP contribution in [0.4, 0.5) is 0 Å². The number of aryl methyl sites for hydroxylation is 1. The molecule has 1 aliphatic heterocycles. The minimum Gasteiger partial charge on any atom is -0.496 e. The van der Waals surface area contributed by atoms with Crippen molar-refractivity contribution < 1.29 is 14.3 Å². The topological polar surface area (TPSA) is 51.7 Å². The Morgan fingerprint density at radius 3 is 2.58 bits per heavy atom. The van der Waals surface area contributed by atoms with Gasteiger partial charge >= 0.3 is 0 Å². The summed E-state index contributed by atoms with van der Waals surface area (Å²) in [5.74, 6) is 1.67. The van der Waals surface area contributed by atoms with Crippen molar-refractivity contribution >= 4 is 17.2 Å². The smallest absolute Gasteiger partial charge is 0.223 e.